The summed E-state index contributed by atoms with van der Waals surface area (Å²) in [5.41, 5.74) is -0.941. The third-order valence-corrected chi connectivity index (χ3v) is 2.66. The zero-order chi connectivity index (χ0) is 14.2. The Bertz CT molecular complexity index is 592. The normalized spacial score (nSPS) is 13.6. The lowest BCUT2D eigenvalue weighted by atomic mass is 10.2. The monoisotopic (exact) mass is 293 g/mol. The Labute approximate surface area is 110 Å². The predicted molar refractivity (Wildman–Crippen MR) is 60.6 cm³/mol. The third kappa shape index (κ3) is 2.86. The Morgan fingerprint density at radius 1 is 1.32 bits per heavy atom. The van der Waals surface area contributed by atoms with Crippen LogP contribution in [-0.2, 0) is 6.18 Å². The summed E-state index contributed by atoms with van der Waals surface area (Å²) in [5.74, 6) is -0.827. The van der Waals surface area contributed by atoms with Crippen molar-refractivity contribution in [1.82, 2.24) is 15.0 Å². The summed E-state index contributed by atoms with van der Waals surface area (Å²) < 4.78 is 52.2. The molecule has 1 unspecified atom stereocenters. The molecule has 3 nitrogen and oxygen atoms in total. The van der Waals surface area contributed by atoms with Gasteiger partial charge in [0.2, 0.25) is 0 Å². The Morgan fingerprint density at radius 2 is 2.00 bits per heavy atom. The molecule has 0 amide bonds. The van der Waals surface area contributed by atoms with Gasteiger partial charge in [0, 0.05) is 0 Å². The summed E-state index contributed by atoms with van der Waals surface area (Å²) in [6.07, 6.45) is -3.26. The molecule has 0 radical (unpaired) electrons. The highest BCUT2D eigenvalue weighted by molar-refractivity contribution is 6.20. The molecular formula is C11H8ClF4N3. The quantitative estimate of drug-likeness (QED) is 0.624. The van der Waals surface area contributed by atoms with E-state index in [-0.39, 0.29) is 5.69 Å². The fourth-order valence-electron chi connectivity index (χ4n) is 1.44. The van der Waals surface area contributed by atoms with E-state index in [1.165, 1.54) is 6.20 Å². The first-order valence-electron chi connectivity index (χ1n) is 5.22. The van der Waals surface area contributed by atoms with Gasteiger partial charge in [-0.1, -0.05) is 5.21 Å². The maximum Gasteiger partial charge on any atom is 0.416 e. The summed E-state index contributed by atoms with van der Waals surface area (Å²) in [6.45, 7) is 1.62. The van der Waals surface area contributed by atoms with Crippen molar-refractivity contribution in [2.24, 2.45) is 0 Å². The van der Waals surface area contributed by atoms with Crippen LogP contribution in [0.1, 0.15) is 23.6 Å². The Kier molecular flexibility index (Phi) is 3.49. The van der Waals surface area contributed by atoms with Gasteiger partial charge in [-0.15, -0.1) is 16.7 Å². The van der Waals surface area contributed by atoms with Gasteiger partial charge >= 0.3 is 6.18 Å². The smallest absolute Gasteiger partial charge is 0.217 e. The summed E-state index contributed by atoms with van der Waals surface area (Å²) >= 11 is 5.76. The van der Waals surface area contributed by atoms with Crippen LogP contribution in [0.15, 0.2) is 24.4 Å². The SMILES string of the molecule is CC(Cl)c1cn(-c2cc(C(F)(F)F)ccc2F)nn1. The molecule has 0 bridgehead atoms. The van der Waals surface area contributed by atoms with E-state index in [1.54, 1.807) is 6.92 Å². The summed E-state index contributed by atoms with van der Waals surface area (Å²) in [6, 6.07) is 2.08. The number of aromatic nitrogens is 3. The van der Waals surface area contributed by atoms with E-state index in [0.29, 0.717) is 17.8 Å². The Morgan fingerprint density at radius 3 is 2.53 bits per heavy atom. The zero-order valence-electron chi connectivity index (χ0n) is 9.62. The second kappa shape index (κ2) is 4.80. The van der Waals surface area contributed by atoms with E-state index in [9.17, 15) is 17.6 Å². The number of alkyl halides is 4. The average Bonchev–Trinajstić information content (AvgIpc) is 2.77. The fourth-order valence-corrected chi connectivity index (χ4v) is 1.54. The number of rotatable bonds is 2. The van der Waals surface area contributed by atoms with Crippen LogP contribution in [-0.4, -0.2) is 15.0 Å². The first-order chi connectivity index (χ1) is 8.79. The highest BCUT2D eigenvalue weighted by Crippen LogP contribution is 2.31. The molecule has 8 heteroatoms. The minimum atomic E-state index is -4.55. The molecule has 0 spiro atoms. The molecule has 0 aliphatic heterocycles. The lowest BCUT2D eigenvalue weighted by Crippen LogP contribution is -2.08. The number of hydrogen-bond acceptors (Lipinski definition) is 2. The maximum absolute atomic E-state index is 13.6. The van der Waals surface area contributed by atoms with Crippen molar-refractivity contribution in [3.8, 4) is 5.69 Å². The van der Waals surface area contributed by atoms with Crippen molar-refractivity contribution in [3.05, 3.63) is 41.5 Å². The van der Waals surface area contributed by atoms with Crippen molar-refractivity contribution in [1.29, 1.82) is 0 Å². The number of halogens is 5. The fraction of sp³-hybridized carbons (Fsp3) is 0.273. The standard InChI is InChI=1S/C11H8ClF4N3/c1-6(12)9-5-19(18-17-9)10-4-7(11(14,15)16)2-3-8(10)13/h2-6H,1H3. The molecule has 19 heavy (non-hydrogen) atoms. The van der Waals surface area contributed by atoms with Gasteiger partial charge in [-0.2, -0.15) is 13.2 Å². The van der Waals surface area contributed by atoms with E-state index in [0.717, 1.165) is 10.7 Å². The van der Waals surface area contributed by atoms with Crippen LogP contribution in [0.25, 0.3) is 5.69 Å². The molecule has 0 saturated carbocycles. The molecule has 1 atom stereocenters. The topological polar surface area (TPSA) is 30.7 Å². The molecular weight excluding hydrogens is 286 g/mol. The van der Waals surface area contributed by atoms with Crippen molar-refractivity contribution in [2.75, 3.05) is 0 Å². The van der Waals surface area contributed by atoms with Gasteiger partial charge in [0.05, 0.1) is 17.1 Å². The van der Waals surface area contributed by atoms with Crippen molar-refractivity contribution >= 4 is 11.6 Å². The van der Waals surface area contributed by atoms with Gasteiger partial charge in [0.25, 0.3) is 0 Å². The molecule has 0 fully saturated rings. The molecule has 102 valence electrons. The molecule has 2 aromatic rings. The number of hydrogen-bond donors (Lipinski definition) is 0. The van der Waals surface area contributed by atoms with Crippen LogP contribution in [0, 0.1) is 5.82 Å². The van der Waals surface area contributed by atoms with E-state index in [2.05, 4.69) is 10.3 Å². The van der Waals surface area contributed by atoms with Crippen molar-refractivity contribution in [3.63, 3.8) is 0 Å². The zero-order valence-corrected chi connectivity index (χ0v) is 10.4. The van der Waals surface area contributed by atoms with Crippen molar-refractivity contribution < 1.29 is 17.6 Å². The molecule has 0 aliphatic rings. The predicted octanol–water partition coefficient (Wildman–Crippen LogP) is 3.73. The van der Waals surface area contributed by atoms with Crippen molar-refractivity contribution in [2.45, 2.75) is 18.5 Å². The molecule has 2 rings (SSSR count). The van der Waals surface area contributed by atoms with Gasteiger partial charge in [-0.05, 0) is 25.1 Å². The Hall–Kier alpha value is -1.63. The molecule has 0 aliphatic carbocycles. The molecule has 0 saturated heterocycles. The minimum absolute atomic E-state index is 0.328. The summed E-state index contributed by atoms with van der Waals surface area (Å²) in [4.78, 5) is 0. The molecule has 1 heterocycles. The van der Waals surface area contributed by atoms with Gasteiger partial charge < -0.3 is 0 Å². The van der Waals surface area contributed by atoms with Crippen LogP contribution in [0.4, 0.5) is 17.6 Å². The highest BCUT2D eigenvalue weighted by atomic mass is 35.5. The van der Waals surface area contributed by atoms with Crippen LogP contribution in [0.5, 0.6) is 0 Å². The van der Waals surface area contributed by atoms with Gasteiger partial charge in [0.1, 0.15) is 17.2 Å². The lowest BCUT2D eigenvalue weighted by Gasteiger charge is -2.09. The highest BCUT2D eigenvalue weighted by Gasteiger charge is 2.31. The number of nitrogens with zero attached hydrogens (tertiary/aromatic N) is 3. The second-order valence-corrected chi connectivity index (χ2v) is 4.52. The second-order valence-electron chi connectivity index (χ2n) is 3.87. The first kappa shape index (κ1) is 13.8. The molecule has 0 N–H and O–H groups in total. The van der Waals surface area contributed by atoms with Gasteiger partial charge in [-0.25, -0.2) is 9.07 Å². The molecule has 1 aromatic carbocycles. The van der Waals surface area contributed by atoms with Crippen LogP contribution in [0.3, 0.4) is 0 Å². The number of benzene rings is 1. The molecule has 1 aromatic heterocycles. The van der Waals surface area contributed by atoms with E-state index >= 15 is 0 Å². The van der Waals surface area contributed by atoms with Crippen LogP contribution < -0.4 is 0 Å². The minimum Gasteiger partial charge on any atom is -0.217 e. The van der Waals surface area contributed by atoms with E-state index in [1.807, 2.05) is 0 Å². The average molecular weight is 294 g/mol. The van der Waals surface area contributed by atoms with E-state index in [4.69, 9.17) is 11.6 Å². The summed E-state index contributed by atoms with van der Waals surface area (Å²) in [7, 11) is 0. The first-order valence-corrected chi connectivity index (χ1v) is 5.66. The van der Waals surface area contributed by atoms with E-state index < -0.39 is 22.9 Å². The van der Waals surface area contributed by atoms with Crippen LogP contribution >= 0.6 is 11.6 Å². The van der Waals surface area contributed by atoms with Gasteiger partial charge in [0.15, 0.2) is 0 Å². The largest absolute Gasteiger partial charge is 0.416 e. The maximum atomic E-state index is 13.6. The lowest BCUT2D eigenvalue weighted by molar-refractivity contribution is -0.137. The van der Waals surface area contributed by atoms with Gasteiger partial charge in [-0.3, -0.25) is 0 Å². The summed E-state index contributed by atoms with van der Waals surface area (Å²) in [5, 5.41) is 6.75. The Balaban J connectivity index is 2.48. The third-order valence-electron chi connectivity index (χ3n) is 2.44. The van der Waals surface area contributed by atoms with Crippen LogP contribution in [0.2, 0.25) is 0 Å².